The molecule has 0 saturated carbocycles. The molecule has 0 radical (unpaired) electrons. The quantitative estimate of drug-likeness (QED) is 0.208. The average Bonchev–Trinajstić information content (AvgIpc) is 3.64. The first-order valence-electron chi connectivity index (χ1n) is 13.5. The summed E-state index contributed by atoms with van der Waals surface area (Å²) in [5.74, 6) is 0.789. The van der Waals surface area contributed by atoms with Crippen LogP contribution in [0.2, 0.25) is 0 Å². The Kier molecular flexibility index (Phi) is 7.13. The van der Waals surface area contributed by atoms with Crippen LogP contribution in [-0.4, -0.2) is 39.8 Å². The van der Waals surface area contributed by atoms with E-state index in [2.05, 4.69) is 10.5 Å². The summed E-state index contributed by atoms with van der Waals surface area (Å²) in [5, 5.41) is 7.45. The second kappa shape index (κ2) is 11.0. The number of hydrogen-bond donors (Lipinski definition) is 0. The molecule has 3 heterocycles. The lowest BCUT2D eigenvalue weighted by atomic mass is 9.94. The molecule has 0 unspecified atom stereocenters. The van der Waals surface area contributed by atoms with Gasteiger partial charge in [0, 0.05) is 41.1 Å². The van der Waals surface area contributed by atoms with Gasteiger partial charge in [-0.25, -0.2) is 4.98 Å². The summed E-state index contributed by atoms with van der Waals surface area (Å²) in [4.78, 5) is 33.7. The Hall–Kier alpha value is -4.36. The molecule has 2 aromatic heterocycles. The molecule has 3 aromatic carbocycles. The molecule has 5 aromatic rings. The molecule has 0 aliphatic carbocycles. The number of hydrogen-bond acceptors (Lipinski definition) is 6. The Morgan fingerprint density at radius 1 is 0.875 bits per heavy atom. The summed E-state index contributed by atoms with van der Waals surface area (Å²) in [6, 6.07) is 24.6. The third-order valence-corrected chi connectivity index (χ3v) is 8.54. The Morgan fingerprint density at radius 2 is 1.55 bits per heavy atom. The lowest BCUT2D eigenvalue weighted by Gasteiger charge is -2.31. The predicted molar refractivity (Wildman–Crippen MR) is 157 cm³/mol. The minimum Gasteiger partial charge on any atom is -0.360 e. The molecule has 1 aliphatic heterocycles. The van der Waals surface area contributed by atoms with Gasteiger partial charge >= 0.3 is 0 Å². The maximum absolute atomic E-state index is 13.6. The van der Waals surface area contributed by atoms with Crippen LogP contribution in [0.3, 0.4) is 0 Å². The van der Waals surface area contributed by atoms with E-state index in [0.717, 1.165) is 51.7 Å². The Balaban J connectivity index is 1.16. The first-order valence-corrected chi connectivity index (χ1v) is 14.3. The third-order valence-electron chi connectivity index (χ3n) is 7.54. The number of carbonyl (C=O) groups is 2. The highest BCUT2D eigenvalue weighted by molar-refractivity contribution is 7.10. The first kappa shape index (κ1) is 25.9. The van der Waals surface area contributed by atoms with E-state index in [1.165, 1.54) is 0 Å². The van der Waals surface area contributed by atoms with E-state index in [4.69, 9.17) is 9.51 Å². The van der Waals surface area contributed by atoms with Crippen LogP contribution in [0.5, 0.6) is 0 Å². The van der Waals surface area contributed by atoms with Gasteiger partial charge in [-0.3, -0.25) is 9.59 Å². The van der Waals surface area contributed by atoms with Crippen molar-refractivity contribution in [1.29, 1.82) is 0 Å². The Labute approximate surface area is 237 Å². The largest absolute Gasteiger partial charge is 0.360 e. The van der Waals surface area contributed by atoms with Crippen molar-refractivity contribution in [3.05, 3.63) is 117 Å². The number of rotatable bonds is 6. The smallest absolute Gasteiger partial charge is 0.254 e. The molecule has 7 heteroatoms. The van der Waals surface area contributed by atoms with Crippen molar-refractivity contribution in [2.75, 3.05) is 13.1 Å². The number of aryl methyl sites for hydroxylation is 2. The van der Waals surface area contributed by atoms with Crippen molar-refractivity contribution in [2.24, 2.45) is 0 Å². The molecule has 0 spiro atoms. The van der Waals surface area contributed by atoms with E-state index in [1.54, 1.807) is 23.5 Å². The molecule has 0 N–H and O–H groups in total. The maximum Gasteiger partial charge on any atom is 0.254 e. The van der Waals surface area contributed by atoms with E-state index < -0.39 is 0 Å². The van der Waals surface area contributed by atoms with Crippen LogP contribution in [0, 0.1) is 13.8 Å². The van der Waals surface area contributed by atoms with Crippen molar-refractivity contribution in [2.45, 2.75) is 32.6 Å². The summed E-state index contributed by atoms with van der Waals surface area (Å²) < 4.78 is 5.55. The van der Waals surface area contributed by atoms with Crippen LogP contribution in [-0.2, 0) is 0 Å². The average molecular weight is 548 g/mol. The van der Waals surface area contributed by atoms with Crippen molar-refractivity contribution in [1.82, 2.24) is 15.0 Å². The molecule has 6 rings (SSSR count). The van der Waals surface area contributed by atoms with Gasteiger partial charge < -0.3 is 9.42 Å². The molecule has 40 heavy (non-hydrogen) atoms. The first-order chi connectivity index (χ1) is 19.5. The predicted octanol–water partition coefficient (Wildman–Crippen LogP) is 7.33. The van der Waals surface area contributed by atoms with Crippen molar-refractivity contribution < 1.29 is 14.1 Å². The van der Waals surface area contributed by atoms with E-state index in [-0.39, 0.29) is 17.6 Å². The highest BCUT2D eigenvalue weighted by Gasteiger charge is 2.29. The summed E-state index contributed by atoms with van der Waals surface area (Å²) in [5.41, 5.74) is 6.18. The molecule has 0 atom stereocenters. The lowest BCUT2D eigenvalue weighted by molar-refractivity contribution is 0.0709. The normalized spacial score (nSPS) is 13.9. The van der Waals surface area contributed by atoms with Crippen molar-refractivity contribution in [3.8, 4) is 22.5 Å². The zero-order chi connectivity index (χ0) is 27.6. The highest BCUT2D eigenvalue weighted by atomic mass is 32.1. The van der Waals surface area contributed by atoms with E-state index in [1.807, 2.05) is 85.5 Å². The number of ketones is 1. The number of aromatic nitrogens is 2. The summed E-state index contributed by atoms with van der Waals surface area (Å²) in [6.45, 7) is 5.14. The fourth-order valence-corrected chi connectivity index (χ4v) is 6.27. The van der Waals surface area contributed by atoms with E-state index in [9.17, 15) is 9.59 Å². The summed E-state index contributed by atoms with van der Waals surface area (Å²) in [7, 11) is 0. The second-order valence-corrected chi connectivity index (χ2v) is 11.1. The molecule has 0 bridgehead atoms. The molecule has 1 aliphatic rings. The Bertz CT molecular complexity index is 1660. The van der Waals surface area contributed by atoms with Crippen molar-refractivity contribution >= 4 is 23.0 Å². The maximum atomic E-state index is 13.6. The van der Waals surface area contributed by atoms with Gasteiger partial charge in [-0.15, -0.1) is 11.3 Å². The lowest BCUT2D eigenvalue weighted by Crippen LogP contribution is -2.38. The van der Waals surface area contributed by atoms with Gasteiger partial charge in [-0.05, 0) is 32.8 Å². The number of carbonyl (C=O) groups excluding carboxylic acids is 2. The van der Waals surface area contributed by atoms with Crippen LogP contribution in [0.25, 0.3) is 22.5 Å². The van der Waals surface area contributed by atoms with E-state index in [0.29, 0.717) is 29.8 Å². The van der Waals surface area contributed by atoms with Crippen LogP contribution in [0.1, 0.15) is 61.4 Å². The SMILES string of the molecule is Cc1ccc(C(=O)c2ccccc2C(=O)N2CCC(c3nc(-c4c(-c5ccccc5)noc4C)cs3)CC2)cc1. The fourth-order valence-electron chi connectivity index (χ4n) is 5.28. The minimum absolute atomic E-state index is 0.0954. The van der Waals surface area contributed by atoms with Gasteiger partial charge in [-0.1, -0.05) is 83.5 Å². The third kappa shape index (κ3) is 5.00. The Morgan fingerprint density at radius 3 is 2.27 bits per heavy atom. The standard InChI is InChI=1S/C33H29N3O3S/c1-21-12-14-24(15-13-21)31(37)26-10-6-7-11-27(26)33(38)36-18-16-25(17-19-36)32-34-28(20-40-32)29-22(2)39-35-30(29)23-8-4-3-5-9-23/h3-15,20,25H,16-19H2,1-2H3. The van der Waals surface area contributed by atoms with Crippen LogP contribution >= 0.6 is 11.3 Å². The number of nitrogens with zero attached hydrogens (tertiary/aromatic N) is 3. The van der Waals surface area contributed by atoms with Gasteiger partial charge in [0.25, 0.3) is 5.91 Å². The highest BCUT2D eigenvalue weighted by Crippen LogP contribution is 2.38. The van der Waals surface area contributed by atoms with Crippen LogP contribution in [0.4, 0.5) is 0 Å². The van der Waals surface area contributed by atoms with Crippen LogP contribution < -0.4 is 0 Å². The van der Waals surface area contributed by atoms with Gasteiger partial charge in [0.05, 0.1) is 21.8 Å². The monoisotopic (exact) mass is 547 g/mol. The fraction of sp³-hybridized carbons (Fsp3) is 0.212. The number of likely N-dealkylation sites (tertiary alicyclic amines) is 1. The summed E-state index contributed by atoms with van der Waals surface area (Å²) >= 11 is 1.65. The number of piperidine rings is 1. The van der Waals surface area contributed by atoms with Gasteiger partial charge in [-0.2, -0.15) is 0 Å². The molecular weight excluding hydrogens is 518 g/mol. The number of thiazole rings is 1. The molecule has 1 saturated heterocycles. The minimum atomic E-state index is -0.131. The molecular formula is C33H29N3O3S. The zero-order valence-electron chi connectivity index (χ0n) is 22.5. The van der Waals surface area contributed by atoms with Crippen molar-refractivity contribution in [3.63, 3.8) is 0 Å². The van der Waals surface area contributed by atoms with E-state index >= 15 is 0 Å². The summed E-state index contributed by atoms with van der Waals surface area (Å²) in [6.07, 6.45) is 1.64. The molecule has 6 nitrogen and oxygen atoms in total. The molecule has 1 fully saturated rings. The molecule has 1 amide bonds. The topological polar surface area (TPSA) is 76.3 Å². The second-order valence-electron chi connectivity index (χ2n) is 10.2. The number of benzene rings is 3. The number of amides is 1. The van der Waals surface area contributed by atoms with Gasteiger partial charge in [0.15, 0.2) is 5.78 Å². The van der Waals surface area contributed by atoms with Gasteiger partial charge in [0.2, 0.25) is 0 Å². The molecule has 200 valence electrons. The van der Waals surface area contributed by atoms with Gasteiger partial charge in [0.1, 0.15) is 11.5 Å². The van der Waals surface area contributed by atoms with Crippen LogP contribution in [0.15, 0.2) is 88.8 Å². The zero-order valence-corrected chi connectivity index (χ0v) is 23.3.